The molecule has 112 valence electrons. The fraction of sp³-hybridized carbons (Fsp3) is 0.375. The second kappa shape index (κ2) is 6.43. The minimum Gasteiger partial charge on any atom is -0.496 e. The van der Waals surface area contributed by atoms with Crippen molar-refractivity contribution >= 4 is 18.0 Å². The third-order valence-corrected chi connectivity index (χ3v) is 3.78. The average molecular weight is 289 g/mol. The second-order valence-electron chi connectivity index (χ2n) is 5.16. The van der Waals surface area contributed by atoms with Crippen molar-refractivity contribution < 1.29 is 19.4 Å². The summed E-state index contributed by atoms with van der Waals surface area (Å²) in [6.45, 7) is 0. The van der Waals surface area contributed by atoms with Crippen molar-refractivity contribution in [2.24, 2.45) is 0 Å². The van der Waals surface area contributed by atoms with Gasteiger partial charge in [-0.2, -0.15) is 0 Å². The Balaban J connectivity index is 2.07. The van der Waals surface area contributed by atoms with Gasteiger partial charge in [-0.05, 0) is 25.0 Å². The van der Waals surface area contributed by atoms with Gasteiger partial charge in [-0.25, -0.2) is 4.79 Å². The van der Waals surface area contributed by atoms with Crippen molar-refractivity contribution in [1.82, 2.24) is 5.32 Å². The SMILES string of the molecule is COc1ccccc1C=CC(=O)NC1(C(=O)O)CCCC1. The van der Waals surface area contributed by atoms with E-state index in [0.717, 1.165) is 18.4 Å². The van der Waals surface area contributed by atoms with Gasteiger partial charge in [0.1, 0.15) is 11.3 Å². The van der Waals surface area contributed by atoms with E-state index in [9.17, 15) is 14.7 Å². The molecule has 1 aliphatic rings. The number of amides is 1. The van der Waals surface area contributed by atoms with Gasteiger partial charge >= 0.3 is 5.97 Å². The molecule has 0 radical (unpaired) electrons. The van der Waals surface area contributed by atoms with Gasteiger partial charge in [0.2, 0.25) is 5.91 Å². The molecular formula is C16H19NO4. The Morgan fingerprint density at radius 3 is 2.57 bits per heavy atom. The first-order valence-electron chi connectivity index (χ1n) is 6.94. The van der Waals surface area contributed by atoms with Crippen LogP contribution >= 0.6 is 0 Å². The maximum Gasteiger partial charge on any atom is 0.329 e. The molecule has 0 aliphatic heterocycles. The molecule has 5 heteroatoms. The highest BCUT2D eigenvalue weighted by atomic mass is 16.5. The fourth-order valence-corrected chi connectivity index (χ4v) is 2.62. The highest BCUT2D eigenvalue weighted by Crippen LogP contribution is 2.30. The van der Waals surface area contributed by atoms with Gasteiger partial charge in [-0.3, -0.25) is 4.79 Å². The summed E-state index contributed by atoms with van der Waals surface area (Å²) in [4.78, 5) is 23.4. The number of carboxylic acids is 1. The lowest BCUT2D eigenvalue weighted by Gasteiger charge is -2.24. The number of nitrogens with one attached hydrogen (secondary N) is 1. The molecule has 2 rings (SSSR count). The number of carbonyl (C=O) groups excluding carboxylic acids is 1. The molecule has 2 N–H and O–H groups in total. The van der Waals surface area contributed by atoms with E-state index >= 15 is 0 Å². The molecule has 1 saturated carbocycles. The van der Waals surface area contributed by atoms with Gasteiger partial charge in [0.25, 0.3) is 0 Å². The van der Waals surface area contributed by atoms with Crippen LogP contribution in [0.15, 0.2) is 30.3 Å². The molecule has 1 aromatic carbocycles. The minimum absolute atomic E-state index is 0.398. The topological polar surface area (TPSA) is 75.6 Å². The number of carbonyl (C=O) groups is 2. The van der Waals surface area contributed by atoms with E-state index in [1.165, 1.54) is 6.08 Å². The first-order chi connectivity index (χ1) is 10.1. The number of aliphatic carboxylic acids is 1. The number of ether oxygens (including phenoxy) is 1. The number of methoxy groups -OCH3 is 1. The quantitative estimate of drug-likeness (QED) is 0.815. The molecular weight excluding hydrogens is 270 g/mol. The lowest BCUT2D eigenvalue weighted by atomic mass is 9.98. The van der Waals surface area contributed by atoms with E-state index in [1.54, 1.807) is 19.3 Å². The van der Waals surface area contributed by atoms with Gasteiger partial charge in [-0.15, -0.1) is 0 Å². The Kier molecular flexibility index (Phi) is 4.62. The summed E-state index contributed by atoms with van der Waals surface area (Å²) < 4.78 is 5.19. The van der Waals surface area contributed by atoms with Crippen LogP contribution < -0.4 is 10.1 Å². The summed E-state index contributed by atoms with van der Waals surface area (Å²) in [5.74, 6) is -0.695. The third-order valence-electron chi connectivity index (χ3n) is 3.78. The number of hydrogen-bond donors (Lipinski definition) is 2. The van der Waals surface area contributed by atoms with Crippen LogP contribution in [0.1, 0.15) is 31.2 Å². The Morgan fingerprint density at radius 2 is 1.95 bits per heavy atom. The summed E-state index contributed by atoms with van der Waals surface area (Å²) in [5, 5.41) is 12.0. The Labute approximate surface area is 123 Å². The van der Waals surface area contributed by atoms with E-state index in [0.29, 0.717) is 18.6 Å². The van der Waals surface area contributed by atoms with Crippen LogP contribution in [0, 0.1) is 0 Å². The molecule has 1 fully saturated rings. The van der Waals surface area contributed by atoms with E-state index in [4.69, 9.17) is 4.74 Å². The number of hydrogen-bond acceptors (Lipinski definition) is 3. The molecule has 0 heterocycles. The molecule has 0 aromatic heterocycles. The van der Waals surface area contributed by atoms with Gasteiger partial charge in [-0.1, -0.05) is 31.0 Å². The summed E-state index contributed by atoms with van der Waals surface area (Å²) in [6, 6.07) is 7.31. The molecule has 0 bridgehead atoms. The van der Waals surface area contributed by atoms with Crippen LogP contribution in [0.4, 0.5) is 0 Å². The van der Waals surface area contributed by atoms with Crippen molar-refractivity contribution in [1.29, 1.82) is 0 Å². The van der Waals surface area contributed by atoms with Crippen molar-refractivity contribution in [2.45, 2.75) is 31.2 Å². The van der Waals surface area contributed by atoms with E-state index in [-0.39, 0.29) is 0 Å². The zero-order valence-corrected chi connectivity index (χ0v) is 12.0. The zero-order valence-electron chi connectivity index (χ0n) is 12.0. The Morgan fingerprint density at radius 1 is 1.29 bits per heavy atom. The van der Waals surface area contributed by atoms with Crippen molar-refractivity contribution in [3.8, 4) is 5.75 Å². The van der Waals surface area contributed by atoms with Crippen molar-refractivity contribution in [3.63, 3.8) is 0 Å². The van der Waals surface area contributed by atoms with E-state index in [1.807, 2.05) is 18.2 Å². The molecule has 21 heavy (non-hydrogen) atoms. The van der Waals surface area contributed by atoms with Crippen LogP contribution in [0.25, 0.3) is 6.08 Å². The van der Waals surface area contributed by atoms with Crippen LogP contribution in [0.5, 0.6) is 5.75 Å². The normalized spacial score (nSPS) is 16.8. The Bertz CT molecular complexity index is 559. The lowest BCUT2D eigenvalue weighted by Crippen LogP contribution is -2.52. The van der Waals surface area contributed by atoms with Crippen LogP contribution in [0.2, 0.25) is 0 Å². The largest absolute Gasteiger partial charge is 0.496 e. The van der Waals surface area contributed by atoms with Crippen LogP contribution in [-0.4, -0.2) is 29.6 Å². The molecule has 5 nitrogen and oxygen atoms in total. The first kappa shape index (κ1) is 15.1. The maximum absolute atomic E-state index is 12.0. The summed E-state index contributed by atoms with van der Waals surface area (Å²) in [6.07, 6.45) is 5.58. The molecule has 0 saturated heterocycles. The first-order valence-corrected chi connectivity index (χ1v) is 6.94. The fourth-order valence-electron chi connectivity index (χ4n) is 2.62. The number of benzene rings is 1. The average Bonchev–Trinajstić information content (AvgIpc) is 2.95. The summed E-state index contributed by atoms with van der Waals surface area (Å²) in [5.41, 5.74) is -0.340. The molecule has 0 spiro atoms. The number of rotatable bonds is 5. The van der Waals surface area contributed by atoms with Gasteiger partial charge in [0.05, 0.1) is 7.11 Å². The molecule has 1 aliphatic carbocycles. The monoisotopic (exact) mass is 289 g/mol. The number of para-hydroxylation sites is 1. The van der Waals surface area contributed by atoms with Crippen LogP contribution in [-0.2, 0) is 9.59 Å². The lowest BCUT2D eigenvalue weighted by molar-refractivity contribution is -0.146. The van der Waals surface area contributed by atoms with Crippen LogP contribution in [0.3, 0.4) is 0 Å². The maximum atomic E-state index is 12.0. The molecule has 0 atom stereocenters. The van der Waals surface area contributed by atoms with E-state index < -0.39 is 17.4 Å². The highest BCUT2D eigenvalue weighted by molar-refractivity contribution is 5.96. The Hall–Kier alpha value is -2.30. The molecule has 0 unspecified atom stereocenters. The van der Waals surface area contributed by atoms with Crippen molar-refractivity contribution in [2.75, 3.05) is 7.11 Å². The minimum atomic E-state index is -1.11. The molecule has 1 aromatic rings. The predicted molar refractivity (Wildman–Crippen MR) is 79.0 cm³/mol. The predicted octanol–water partition coefficient (Wildman–Crippen LogP) is 2.22. The summed E-state index contributed by atoms with van der Waals surface area (Å²) >= 11 is 0. The smallest absolute Gasteiger partial charge is 0.329 e. The highest BCUT2D eigenvalue weighted by Gasteiger charge is 2.42. The van der Waals surface area contributed by atoms with Crippen molar-refractivity contribution in [3.05, 3.63) is 35.9 Å². The van der Waals surface area contributed by atoms with Gasteiger partial charge in [0.15, 0.2) is 0 Å². The second-order valence-corrected chi connectivity index (χ2v) is 5.16. The van der Waals surface area contributed by atoms with Gasteiger partial charge in [0, 0.05) is 11.6 Å². The summed E-state index contributed by atoms with van der Waals surface area (Å²) in [7, 11) is 1.56. The molecule has 1 amide bonds. The van der Waals surface area contributed by atoms with E-state index in [2.05, 4.69) is 5.32 Å². The van der Waals surface area contributed by atoms with Gasteiger partial charge < -0.3 is 15.2 Å². The standard InChI is InChI=1S/C16H19NO4/c1-21-13-7-3-2-6-12(13)8-9-14(18)17-16(15(19)20)10-4-5-11-16/h2-3,6-9H,4-5,10-11H2,1H3,(H,17,18)(H,19,20). The zero-order chi connectivity index (χ0) is 15.3. The third kappa shape index (κ3) is 3.42. The number of carboxylic acid groups (broad SMARTS) is 1.